The maximum Gasteiger partial charge on any atom is 0.124 e. The first-order chi connectivity index (χ1) is 13.2. The molecule has 2 heterocycles. The first-order valence-electron chi connectivity index (χ1n) is 9.33. The van der Waals surface area contributed by atoms with Gasteiger partial charge in [0, 0.05) is 23.0 Å². The highest BCUT2D eigenvalue weighted by atomic mass is 35.5. The molecule has 4 rings (SSSR count). The summed E-state index contributed by atoms with van der Waals surface area (Å²) in [5.41, 5.74) is 3.47. The molecule has 0 aliphatic heterocycles. The average molecular weight is 396 g/mol. The summed E-state index contributed by atoms with van der Waals surface area (Å²) < 4.78 is 3.45. The van der Waals surface area contributed by atoms with Crippen molar-refractivity contribution in [3.8, 4) is 10.6 Å². The number of benzene rings is 2. The Bertz CT molecular complexity index is 1020. The zero-order valence-corrected chi connectivity index (χ0v) is 17.0. The smallest absolute Gasteiger partial charge is 0.124 e. The monoisotopic (exact) mass is 395 g/mol. The van der Waals surface area contributed by atoms with Gasteiger partial charge in [-0.1, -0.05) is 56.5 Å². The van der Waals surface area contributed by atoms with Crippen LogP contribution in [0.5, 0.6) is 0 Å². The molecule has 0 saturated heterocycles. The zero-order valence-electron chi connectivity index (χ0n) is 15.5. The quantitative estimate of drug-likeness (QED) is 0.357. The van der Waals surface area contributed by atoms with Gasteiger partial charge in [-0.05, 0) is 35.7 Å². The second-order valence-corrected chi connectivity index (χ2v) is 8.25. The number of rotatable bonds is 6. The van der Waals surface area contributed by atoms with Gasteiger partial charge in [0.1, 0.15) is 5.01 Å². The first kappa shape index (κ1) is 18.2. The van der Waals surface area contributed by atoms with Crippen LogP contribution in [0.25, 0.3) is 20.8 Å². The molecule has 4 aromatic rings. The molecule has 1 unspecified atom stereocenters. The first-order valence-corrected chi connectivity index (χ1v) is 10.5. The molecule has 27 heavy (non-hydrogen) atoms. The van der Waals surface area contributed by atoms with Gasteiger partial charge in [0.15, 0.2) is 0 Å². The molecule has 2 aromatic carbocycles. The Morgan fingerprint density at radius 3 is 2.52 bits per heavy atom. The summed E-state index contributed by atoms with van der Waals surface area (Å²) in [5, 5.41) is 1.77. The number of hydrogen-bond acceptors (Lipinski definition) is 3. The van der Waals surface area contributed by atoms with E-state index in [0.29, 0.717) is 12.0 Å². The van der Waals surface area contributed by atoms with Gasteiger partial charge >= 0.3 is 0 Å². The number of fused-ring (bicyclic) bond motifs is 1. The van der Waals surface area contributed by atoms with E-state index < -0.39 is 0 Å². The topological polar surface area (TPSA) is 30.7 Å². The van der Waals surface area contributed by atoms with Crippen LogP contribution in [-0.2, 0) is 0 Å². The van der Waals surface area contributed by atoms with Crippen molar-refractivity contribution in [1.82, 2.24) is 14.5 Å². The fraction of sp³-hybridized carbons (Fsp3) is 0.273. The molecule has 0 radical (unpaired) electrons. The van der Waals surface area contributed by atoms with Crippen LogP contribution in [0, 0.1) is 5.92 Å². The van der Waals surface area contributed by atoms with Gasteiger partial charge in [-0.25, -0.2) is 9.97 Å². The fourth-order valence-corrected chi connectivity index (χ4v) is 4.84. The molecule has 3 nitrogen and oxygen atoms in total. The minimum Gasteiger partial charge on any atom is -0.330 e. The maximum atomic E-state index is 6.01. The lowest BCUT2D eigenvalue weighted by Crippen LogP contribution is -2.18. The molecular weight excluding hydrogens is 374 g/mol. The van der Waals surface area contributed by atoms with Gasteiger partial charge in [0.05, 0.1) is 22.6 Å². The van der Waals surface area contributed by atoms with Gasteiger partial charge in [-0.2, -0.15) is 0 Å². The molecular formula is C22H22ClN3S. The molecule has 0 aliphatic carbocycles. The lowest BCUT2D eigenvalue weighted by Gasteiger charge is -2.27. The Hall–Kier alpha value is -2.17. The lowest BCUT2D eigenvalue weighted by atomic mass is 9.88. The van der Waals surface area contributed by atoms with Gasteiger partial charge in [0.2, 0.25) is 0 Å². The van der Waals surface area contributed by atoms with Crippen molar-refractivity contribution in [2.24, 2.45) is 5.92 Å². The molecule has 0 saturated carbocycles. The second kappa shape index (κ2) is 7.83. The van der Waals surface area contributed by atoms with Crippen molar-refractivity contribution in [3.63, 3.8) is 0 Å². The summed E-state index contributed by atoms with van der Waals surface area (Å²) in [5.74, 6) is 0.570. The highest BCUT2D eigenvalue weighted by Crippen LogP contribution is 2.36. The number of aromatic nitrogens is 3. The third-order valence-corrected chi connectivity index (χ3v) is 6.51. The number of hydrogen-bond donors (Lipinski definition) is 0. The van der Waals surface area contributed by atoms with Crippen molar-refractivity contribution >= 4 is 33.2 Å². The maximum absolute atomic E-state index is 6.01. The summed E-state index contributed by atoms with van der Waals surface area (Å²) in [4.78, 5) is 9.09. The van der Waals surface area contributed by atoms with Crippen molar-refractivity contribution in [2.45, 2.75) is 32.7 Å². The Kier molecular flexibility index (Phi) is 5.28. The molecule has 0 spiro atoms. The summed E-state index contributed by atoms with van der Waals surface area (Å²) in [7, 11) is 0. The standard InChI is InChI=1S/C22H22ClN3S/c1-3-15(4-2)21(26-12-11-24-14-26)17-7-10-19-20(13-17)27-22(25-19)16-5-8-18(23)9-6-16/h5-15,21H,3-4H2,1-2H3. The molecule has 0 aliphatic rings. The Morgan fingerprint density at radius 1 is 1.07 bits per heavy atom. The van der Waals surface area contributed by atoms with Crippen LogP contribution < -0.4 is 0 Å². The fourth-order valence-electron chi connectivity index (χ4n) is 3.70. The minimum atomic E-state index is 0.299. The van der Waals surface area contributed by atoms with E-state index in [1.54, 1.807) is 11.3 Å². The van der Waals surface area contributed by atoms with Gasteiger partial charge in [-0.3, -0.25) is 0 Å². The molecule has 138 valence electrons. The van der Waals surface area contributed by atoms with Crippen LogP contribution >= 0.6 is 22.9 Å². The minimum absolute atomic E-state index is 0.299. The lowest BCUT2D eigenvalue weighted by molar-refractivity contribution is 0.355. The van der Waals surface area contributed by atoms with E-state index in [2.05, 4.69) is 47.8 Å². The molecule has 5 heteroatoms. The van der Waals surface area contributed by atoms with E-state index in [-0.39, 0.29) is 0 Å². The predicted octanol–water partition coefficient (Wildman–Crippen LogP) is 6.84. The average Bonchev–Trinajstić information content (AvgIpc) is 3.35. The highest BCUT2D eigenvalue weighted by Gasteiger charge is 2.22. The molecule has 0 N–H and O–H groups in total. The molecule has 0 bridgehead atoms. The number of imidazole rings is 1. The van der Waals surface area contributed by atoms with Crippen LogP contribution in [0.15, 0.2) is 61.2 Å². The highest BCUT2D eigenvalue weighted by molar-refractivity contribution is 7.21. The summed E-state index contributed by atoms with van der Waals surface area (Å²) in [6.07, 6.45) is 8.13. The Balaban J connectivity index is 1.76. The van der Waals surface area contributed by atoms with Crippen molar-refractivity contribution in [2.75, 3.05) is 0 Å². The predicted molar refractivity (Wildman–Crippen MR) is 115 cm³/mol. The van der Waals surface area contributed by atoms with E-state index in [9.17, 15) is 0 Å². The third kappa shape index (κ3) is 3.64. The zero-order chi connectivity index (χ0) is 18.8. The van der Waals surface area contributed by atoms with Crippen LogP contribution in [0.4, 0.5) is 0 Å². The van der Waals surface area contributed by atoms with E-state index in [4.69, 9.17) is 16.6 Å². The molecule has 2 aromatic heterocycles. The van der Waals surface area contributed by atoms with Crippen LogP contribution in [-0.4, -0.2) is 14.5 Å². The molecule has 0 amide bonds. The van der Waals surface area contributed by atoms with Gasteiger partial charge in [0.25, 0.3) is 0 Å². The summed E-state index contributed by atoms with van der Waals surface area (Å²) >= 11 is 7.75. The van der Waals surface area contributed by atoms with Crippen molar-refractivity contribution < 1.29 is 0 Å². The molecule has 0 fully saturated rings. The van der Waals surface area contributed by atoms with Crippen LogP contribution in [0.1, 0.15) is 38.3 Å². The summed E-state index contributed by atoms with van der Waals surface area (Å²) in [6, 6.07) is 14.8. The number of halogens is 1. The Morgan fingerprint density at radius 2 is 1.85 bits per heavy atom. The SMILES string of the molecule is CCC(CC)C(c1ccc2nc(-c3ccc(Cl)cc3)sc2c1)n1ccnc1. The summed E-state index contributed by atoms with van der Waals surface area (Å²) in [6.45, 7) is 4.53. The third-order valence-electron chi connectivity index (χ3n) is 5.19. The largest absolute Gasteiger partial charge is 0.330 e. The number of nitrogens with zero attached hydrogens (tertiary/aromatic N) is 3. The van der Waals surface area contributed by atoms with Crippen LogP contribution in [0.3, 0.4) is 0 Å². The van der Waals surface area contributed by atoms with Gasteiger partial charge in [-0.15, -0.1) is 11.3 Å². The van der Waals surface area contributed by atoms with E-state index in [0.717, 1.165) is 34.0 Å². The second-order valence-electron chi connectivity index (χ2n) is 6.78. The van der Waals surface area contributed by atoms with E-state index in [1.165, 1.54) is 10.3 Å². The normalized spacial score (nSPS) is 12.7. The van der Waals surface area contributed by atoms with Crippen molar-refractivity contribution in [1.29, 1.82) is 0 Å². The van der Waals surface area contributed by atoms with Crippen molar-refractivity contribution in [3.05, 3.63) is 71.8 Å². The van der Waals surface area contributed by atoms with Crippen LogP contribution in [0.2, 0.25) is 5.02 Å². The van der Waals surface area contributed by atoms with Gasteiger partial charge < -0.3 is 4.57 Å². The Labute approximate surface area is 168 Å². The van der Waals surface area contributed by atoms with E-state index in [1.807, 2.05) is 36.8 Å². The number of thiazole rings is 1. The van der Waals surface area contributed by atoms with E-state index >= 15 is 0 Å². The molecule has 1 atom stereocenters.